The molecule has 0 saturated carbocycles. The molecule has 4 nitrogen and oxygen atoms in total. The molecule has 0 amide bonds. The first-order valence-electron chi connectivity index (χ1n) is 7.94. The Morgan fingerprint density at radius 2 is 2.05 bits per heavy atom. The highest BCUT2D eigenvalue weighted by atomic mass is 16.5. The molecule has 22 heavy (non-hydrogen) atoms. The van der Waals surface area contributed by atoms with Crippen LogP contribution in [0.2, 0.25) is 0 Å². The van der Waals surface area contributed by atoms with Gasteiger partial charge in [0.25, 0.3) is 0 Å². The lowest BCUT2D eigenvalue weighted by Gasteiger charge is -2.19. The van der Waals surface area contributed by atoms with Crippen LogP contribution in [0.4, 0.5) is 0 Å². The van der Waals surface area contributed by atoms with Crippen molar-refractivity contribution in [1.82, 2.24) is 4.57 Å². The van der Waals surface area contributed by atoms with Crippen LogP contribution in [0.1, 0.15) is 43.9 Å². The number of nitrogens with zero attached hydrogens (tertiary/aromatic N) is 1. The third kappa shape index (κ3) is 2.88. The lowest BCUT2D eigenvalue weighted by atomic mass is 9.91. The standard InChI is InChI=1S/C18H26N2O2/c1-5-6-11-20-13(3)16(12(2)17(19)18(21)22-4)14-9-7-8-10-15(14)20/h7-10,12,17H,5-6,11,19H2,1-4H3/t12-,17-/m1/s1. The number of fused-ring (bicyclic) bond motifs is 1. The molecular formula is C18H26N2O2. The number of hydrogen-bond acceptors (Lipinski definition) is 3. The molecule has 2 N–H and O–H groups in total. The number of carbonyl (C=O) groups is 1. The van der Waals surface area contributed by atoms with E-state index in [1.807, 2.05) is 13.0 Å². The van der Waals surface area contributed by atoms with Crippen LogP contribution in [0.5, 0.6) is 0 Å². The summed E-state index contributed by atoms with van der Waals surface area (Å²) in [6.07, 6.45) is 2.29. The number of methoxy groups -OCH3 is 1. The van der Waals surface area contributed by atoms with E-state index >= 15 is 0 Å². The van der Waals surface area contributed by atoms with Crippen LogP contribution in [0, 0.1) is 6.92 Å². The summed E-state index contributed by atoms with van der Waals surface area (Å²) < 4.78 is 7.15. The van der Waals surface area contributed by atoms with E-state index in [2.05, 4.69) is 36.6 Å². The van der Waals surface area contributed by atoms with Crippen molar-refractivity contribution in [3.8, 4) is 0 Å². The summed E-state index contributed by atoms with van der Waals surface area (Å²) >= 11 is 0. The Labute approximate surface area is 132 Å². The molecule has 1 aromatic heterocycles. The quantitative estimate of drug-likeness (QED) is 0.832. The van der Waals surface area contributed by atoms with Gasteiger partial charge in [0.15, 0.2) is 0 Å². The van der Waals surface area contributed by atoms with Crippen LogP contribution in [0.3, 0.4) is 0 Å². The van der Waals surface area contributed by atoms with Gasteiger partial charge in [-0.05, 0) is 25.0 Å². The Balaban J connectivity index is 2.53. The van der Waals surface area contributed by atoms with Crippen LogP contribution in [-0.2, 0) is 16.1 Å². The highest BCUT2D eigenvalue weighted by Gasteiger charge is 2.27. The highest BCUT2D eigenvalue weighted by molar-refractivity contribution is 5.87. The minimum Gasteiger partial charge on any atom is -0.468 e. The number of hydrogen-bond donors (Lipinski definition) is 1. The van der Waals surface area contributed by atoms with E-state index < -0.39 is 6.04 Å². The van der Waals surface area contributed by atoms with Gasteiger partial charge >= 0.3 is 5.97 Å². The Kier molecular flexibility index (Phi) is 5.24. The van der Waals surface area contributed by atoms with Gasteiger partial charge in [-0.2, -0.15) is 0 Å². The lowest BCUT2D eigenvalue weighted by Crippen LogP contribution is -2.36. The van der Waals surface area contributed by atoms with Crippen LogP contribution in [0.25, 0.3) is 10.9 Å². The van der Waals surface area contributed by atoms with Gasteiger partial charge in [-0.15, -0.1) is 0 Å². The number of para-hydroxylation sites is 1. The van der Waals surface area contributed by atoms with Crippen molar-refractivity contribution in [3.63, 3.8) is 0 Å². The van der Waals surface area contributed by atoms with Gasteiger partial charge in [-0.1, -0.05) is 38.5 Å². The van der Waals surface area contributed by atoms with Gasteiger partial charge in [0.05, 0.1) is 7.11 Å². The number of unbranched alkanes of at least 4 members (excludes halogenated alkanes) is 1. The average molecular weight is 302 g/mol. The summed E-state index contributed by atoms with van der Waals surface area (Å²) in [5, 5.41) is 1.18. The van der Waals surface area contributed by atoms with Crippen molar-refractivity contribution in [3.05, 3.63) is 35.5 Å². The Hall–Kier alpha value is -1.81. The van der Waals surface area contributed by atoms with Gasteiger partial charge in [-0.3, -0.25) is 4.79 Å². The predicted octanol–water partition coefficient (Wildman–Crippen LogP) is 3.35. The second kappa shape index (κ2) is 6.97. The molecule has 2 rings (SSSR count). The number of ether oxygens (including phenoxy) is 1. The van der Waals surface area contributed by atoms with E-state index in [4.69, 9.17) is 10.5 Å². The summed E-state index contributed by atoms with van der Waals surface area (Å²) in [6, 6.07) is 7.69. The molecule has 1 aromatic carbocycles. The first-order chi connectivity index (χ1) is 10.5. The summed E-state index contributed by atoms with van der Waals surface area (Å²) in [5.41, 5.74) is 9.66. The molecule has 120 valence electrons. The summed E-state index contributed by atoms with van der Waals surface area (Å²) in [5.74, 6) is -0.447. The summed E-state index contributed by atoms with van der Waals surface area (Å²) in [7, 11) is 1.38. The van der Waals surface area contributed by atoms with Crippen molar-refractivity contribution in [2.24, 2.45) is 5.73 Å². The van der Waals surface area contributed by atoms with Crippen molar-refractivity contribution >= 4 is 16.9 Å². The van der Waals surface area contributed by atoms with E-state index in [1.165, 1.54) is 23.7 Å². The van der Waals surface area contributed by atoms with Gasteiger partial charge < -0.3 is 15.0 Å². The number of benzene rings is 1. The zero-order chi connectivity index (χ0) is 16.3. The van der Waals surface area contributed by atoms with E-state index in [1.54, 1.807) is 0 Å². The minimum absolute atomic E-state index is 0.0831. The number of aromatic nitrogens is 1. The highest BCUT2D eigenvalue weighted by Crippen LogP contribution is 2.33. The van der Waals surface area contributed by atoms with Crippen LogP contribution in [-0.4, -0.2) is 23.7 Å². The van der Waals surface area contributed by atoms with Crippen molar-refractivity contribution in [2.75, 3.05) is 7.11 Å². The third-order valence-electron chi connectivity index (χ3n) is 4.48. The zero-order valence-electron chi connectivity index (χ0n) is 13.9. The summed E-state index contributed by atoms with van der Waals surface area (Å²) in [6.45, 7) is 7.30. The molecule has 1 heterocycles. The first kappa shape index (κ1) is 16.6. The molecule has 0 radical (unpaired) electrons. The van der Waals surface area contributed by atoms with E-state index in [0.717, 1.165) is 24.9 Å². The number of esters is 1. The monoisotopic (exact) mass is 302 g/mol. The van der Waals surface area contributed by atoms with Gasteiger partial charge in [-0.25, -0.2) is 0 Å². The van der Waals surface area contributed by atoms with Crippen molar-refractivity contribution in [1.29, 1.82) is 0 Å². The largest absolute Gasteiger partial charge is 0.468 e. The molecule has 0 saturated heterocycles. The van der Waals surface area contributed by atoms with Crippen molar-refractivity contribution in [2.45, 2.75) is 52.1 Å². The van der Waals surface area contributed by atoms with Gasteiger partial charge in [0.1, 0.15) is 6.04 Å². The molecule has 0 aliphatic rings. The molecule has 0 bridgehead atoms. The number of aryl methyl sites for hydroxylation is 1. The molecular weight excluding hydrogens is 276 g/mol. The second-order valence-electron chi connectivity index (χ2n) is 5.86. The predicted molar refractivity (Wildman–Crippen MR) is 90.0 cm³/mol. The maximum atomic E-state index is 11.8. The van der Waals surface area contributed by atoms with E-state index in [-0.39, 0.29) is 11.9 Å². The van der Waals surface area contributed by atoms with Gasteiger partial charge in [0, 0.05) is 29.1 Å². The molecule has 0 fully saturated rings. The molecule has 2 atom stereocenters. The number of rotatable bonds is 6. The fourth-order valence-electron chi connectivity index (χ4n) is 3.16. The van der Waals surface area contributed by atoms with Crippen LogP contribution >= 0.6 is 0 Å². The molecule has 0 aliphatic carbocycles. The van der Waals surface area contributed by atoms with Crippen LogP contribution < -0.4 is 5.73 Å². The van der Waals surface area contributed by atoms with Crippen LogP contribution in [0.15, 0.2) is 24.3 Å². The second-order valence-corrected chi connectivity index (χ2v) is 5.86. The fraction of sp³-hybridized carbons (Fsp3) is 0.500. The fourth-order valence-corrected chi connectivity index (χ4v) is 3.16. The maximum absolute atomic E-state index is 11.8. The molecule has 4 heteroatoms. The first-order valence-corrected chi connectivity index (χ1v) is 7.94. The molecule has 0 unspecified atom stereocenters. The third-order valence-corrected chi connectivity index (χ3v) is 4.48. The Morgan fingerprint density at radius 3 is 2.68 bits per heavy atom. The van der Waals surface area contributed by atoms with Crippen molar-refractivity contribution < 1.29 is 9.53 Å². The lowest BCUT2D eigenvalue weighted by molar-refractivity contribution is -0.142. The Bertz CT molecular complexity index is 660. The van der Waals surface area contributed by atoms with E-state index in [9.17, 15) is 4.79 Å². The Morgan fingerprint density at radius 1 is 1.36 bits per heavy atom. The summed E-state index contributed by atoms with van der Waals surface area (Å²) in [4.78, 5) is 11.8. The maximum Gasteiger partial charge on any atom is 0.323 e. The topological polar surface area (TPSA) is 57.2 Å². The molecule has 0 aliphatic heterocycles. The minimum atomic E-state index is -0.644. The number of nitrogens with two attached hydrogens (primary N) is 1. The normalized spacial score (nSPS) is 14.0. The van der Waals surface area contributed by atoms with E-state index in [0.29, 0.717) is 0 Å². The number of carbonyl (C=O) groups excluding carboxylic acids is 1. The molecule has 2 aromatic rings. The SMILES string of the molecule is CCCCn1c(C)c([C@@H](C)[C@@H](N)C(=O)OC)c2ccccc21. The average Bonchev–Trinajstić information content (AvgIpc) is 2.82. The molecule has 0 spiro atoms. The smallest absolute Gasteiger partial charge is 0.323 e. The zero-order valence-corrected chi connectivity index (χ0v) is 13.9. The van der Waals surface area contributed by atoms with Gasteiger partial charge in [0.2, 0.25) is 0 Å².